The molecular weight excluding hydrogens is 355 g/mol. The first-order valence-electron chi connectivity index (χ1n) is 7.86. The van der Waals surface area contributed by atoms with Gasteiger partial charge in [0.1, 0.15) is 5.82 Å². The predicted octanol–water partition coefficient (Wildman–Crippen LogP) is 2.98. The summed E-state index contributed by atoms with van der Waals surface area (Å²) < 4.78 is 39.8. The Morgan fingerprint density at radius 2 is 2.12 bits per heavy atom. The fourth-order valence-electron chi connectivity index (χ4n) is 2.77. The van der Waals surface area contributed by atoms with Crippen molar-refractivity contribution in [2.45, 2.75) is 31.5 Å². The van der Waals surface area contributed by atoms with Crippen LogP contribution < -0.4 is 5.32 Å². The van der Waals surface area contributed by atoms with Gasteiger partial charge in [-0.2, -0.15) is 13.2 Å². The first-order chi connectivity index (χ1) is 11.8. The Morgan fingerprint density at radius 1 is 1.40 bits per heavy atom. The number of aryl methyl sites for hydroxylation is 1. The van der Waals surface area contributed by atoms with Crippen molar-refractivity contribution in [2.24, 2.45) is 7.05 Å². The van der Waals surface area contributed by atoms with E-state index in [0.29, 0.717) is 37.5 Å². The summed E-state index contributed by atoms with van der Waals surface area (Å²) in [6, 6.07) is -0.184. The molecule has 136 valence electrons. The van der Waals surface area contributed by atoms with Gasteiger partial charge in [0.2, 0.25) is 0 Å². The average molecular weight is 373 g/mol. The second kappa shape index (κ2) is 7.03. The molecule has 2 aromatic heterocycles. The largest absolute Gasteiger partial charge is 0.434 e. The normalized spacial score (nSPS) is 16.2. The van der Waals surface area contributed by atoms with E-state index in [1.807, 2.05) is 11.6 Å². The number of carbonyl (C=O) groups is 1. The maximum Gasteiger partial charge on any atom is 0.434 e. The van der Waals surface area contributed by atoms with E-state index in [2.05, 4.69) is 15.3 Å². The molecular formula is C15H18F3N5OS. The number of halogens is 3. The molecule has 0 saturated carbocycles. The van der Waals surface area contributed by atoms with Crippen LogP contribution >= 0.6 is 11.3 Å². The van der Waals surface area contributed by atoms with E-state index < -0.39 is 11.9 Å². The van der Waals surface area contributed by atoms with E-state index in [0.717, 1.165) is 22.5 Å². The van der Waals surface area contributed by atoms with Crippen LogP contribution in [0.3, 0.4) is 0 Å². The number of hydrogen-bond donors (Lipinski definition) is 1. The van der Waals surface area contributed by atoms with Crippen molar-refractivity contribution in [2.75, 3.05) is 13.1 Å². The molecule has 25 heavy (non-hydrogen) atoms. The molecule has 2 amide bonds. The highest BCUT2D eigenvalue weighted by Gasteiger charge is 2.35. The van der Waals surface area contributed by atoms with E-state index in [-0.39, 0.29) is 11.9 Å². The maximum absolute atomic E-state index is 12.6. The van der Waals surface area contributed by atoms with Gasteiger partial charge in [-0.05, 0) is 12.8 Å². The zero-order valence-electron chi connectivity index (χ0n) is 13.6. The lowest BCUT2D eigenvalue weighted by atomic mass is 9.98. The van der Waals surface area contributed by atoms with Crippen LogP contribution in [0.15, 0.2) is 17.8 Å². The summed E-state index contributed by atoms with van der Waals surface area (Å²) in [7, 11) is 1.85. The minimum Gasteiger partial charge on any atom is -0.337 e. The summed E-state index contributed by atoms with van der Waals surface area (Å²) >= 11 is 1.04. The summed E-state index contributed by atoms with van der Waals surface area (Å²) in [5.41, 5.74) is -0.831. The number of thiazole rings is 1. The van der Waals surface area contributed by atoms with Crippen molar-refractivity contribution >= 4 is 17.4 Å². The molecule has 0 bridgehead atoms. The predicted molar refractivity (Wildman–Crippen MR) is 86.1 cm³/mol. The van der Waals surface area contributed by atoms with E-state index in [1.165, 1.54) is 0 Å². The molecule has 0 unspecified atom stereocenters. The highest BCUT2D eigenvalue weighted by Crippen LogP contribution is 2.35. The van der Waals surface area contributed by atoms with E-state index in [9.17, 15) is 18.0 Å². The number of imidazole rings is 1. The van der Waals surface area contributed by atoms with Gasteiger partial charge in [0.15, 0.2) is 5.69 Å². The Hall–Kier alpha value is -2.10. The van der Waals surface area contributed by atoms with Gasteiger partial charge < -0.3 is 14.8 Å². The standard InChI is InChI=1S/C15H18F3N5OS/c1-22-7-4-19-12(22)8-20-14(24)23-5-2-10(3-6-23)13-21-11(9-25-13)15(16,17)18/h4,7,9-10H,2-3,5-6,8H2,1H3,(H,20,24). The molecule has 1 aliphatic heterocycles. The number of rotatable bonds is 3. The van der Waals surface area contributed by atoms with Crippen molar-refractivity contribution in [1.82, 2.24) is 24.8 Å². The van der Waals surface area contributed by atoms with Crippen LogP contribution in [0.2, 0.25) is 0 Å². The van der Waals surface area contributed by atoms with Crippen molar-refractivity contribution < 1.29 is 18.0 Å². The molecule has 0 radical (unpaired) electrons. The number of aromatic nitrogens is 3. The zero-order chi connectivity index (χ0) is 18.0. The second-order valence-electron chi connectivity index (χ2n) is 5.94. The average Bonchev–Trinajstić information content (AvgIpc) is 3.21. The number of likely N-dealkylation sites (tertiary alicyclic amines) is 1. The molecule has 0 aliphatic carbocycles. The van der Waals surface area contributed by atoms with Crippen LogP contribution in [-0.2, 0) is 19.8 Å². The third-order valence-corrected chi connectivity index (χ3v) is 5.27. The lowest BCUT2D eigenvalue weighted by Crippen LogP contribution is -2.44. The highest BCUT2D eigenvalue weighted by atomic mass is 32.1. The van der Waals surface area contributed by atoms with Gasteiger partial charge in [-0.1, -0.05) is 0 Å². The lowest BCUT2D eigenvalue weighted by molar-refractivity contribution is -0.140. The Kier molecular flexibility index (Phi) is 4.98. The molecule has 1 fully saturated rings. The minimum atomic E-state index is -4.40. The Balaban J connectivity index is 1.50. The topological polar surface area (TPSA) is 63.1 Å². The zero-order valence-corrected chi connectivity index (χ0v) is 14.4. The summed E-state index contributed by atoms with van der Waals surface area (Å²) in [6.07, 6.45) is 0.286. The SMILES string of the molecule is Cn1ccnc1CNC(=O)N1CCC(c2nc(C(F)(F)F)cs2)CC1. The molecule has 2 aromatic rings. The van der Waals surface area contributed by atoms with Crippen LogP contribution in [0.4, 0.5) is 18.0 Å². The third kappa shape index (κ3) is 4.12. The van der Waals surface area contributed by atoms with Crippen molar-refractivity contribution in [1.29, 1.82) is 0 Å². The highest BCUT2D eigenvalue weighted by molar-refractivity contribution is 7.09. The monoisotopic (exact) mass is 373 g/mol. The van der Waals surface area contributed by atoms with Crippen LogP contribution in [0.25, 0.3) is 0 Å². The minimum absolute atomic E-state index is 0.0281. The number of alkyl halides is 3. The Morgan fingerprint density at radius 3 is 2.68 bits per heavy atom. The fraction of sp³-hybridized carbons (Fsp3) is 0.533. The van der Waals surface area contributed by atoms with Gasteiger partial charge in [0.05, 0.1) is 11.6 Å². The third-order valence-electron chi connectivity index (χ3n) is 4.26. The molecule has 3 rings (SSSR count). The van der Waals surface area contributed by atoms with E-state index in [1.54, 1.807) is 17.3 Å². The number of piperidine rings is 1. The van der Waals surface area contributed by atoms with Gasteiger partial charge >= 0.3 is 12.2 Å². The van der Waals surface area contributed by atoms with Crippen LogP contribution in [0.1, 0.15) is 35.3 Å². The summed E-state index contributed by atoms with van der Waals surface area (Å²) in [5, 5.41) is 4.37. The first-order valence-corrected chi connectivity index (χ1v) is 8.74. The molecule has 1 saturated heterocycles. The number of carbonyl (C=O) groups excluding carboxylic acids is 1. The Labute approximate surface area is 146 Å². The second-order valence-corrected chi connectivity index (χ2v) is 6.83. The van der Waals surface area contributed by atoms with Crippen molar-refractivity contribution in [3.63, 3.8) is 0 Å². The van der Waals surface area contributed by atoms with Crippen LogP contribution in [0, 0.1) is 0 Å². The number of nitrogens with zero attached hydrogens (tertiary/aromatic N) is 4. The van der Waals surface area contributed by atoms with Gasteiger partial charge in [-0.15, -0.1) is 11.3 Å². The summed E-state index contributed by atoms with van der Waals surface area (Å²) in [4.78, 5) is 21.7. The molecule has 1 aliphatic rings. The molecule has 0 spiro atoms. The van der Waals surface area contributed by atoms with Gasteiger partial charge in [0, 0.05) is 43.8 Å². The molecule has 0 atom stereocenters. The maximum atomic E-state index is 12.6. The quantitative estimate of drug-likeness (QED) is 0.900. The van der Waals surface area contributed by atoms with Gasteiger partial charge in [-0.25, -0.2) is 14.8 Å². The molecule has 3 heterocycles. The van der Waals surface area contributed by atoms with Crippen LogP contribution in [-0.4, -0.2) is 38.6 Å². The van der Waals surface area contributed by atoms with Gasteiger partial charge in [-0.3, -0.25) is 0 Å². The van der Waals surface area contributed by atoms with E-state index in [4.69, 9.17) is 0 Å². The smallest absolute Gasteiger partial charge is 0.337 e. The molecule has 1 N–H and O–H groups in total. The van der Waals surface area contributed by atoms with Crippen LogP contribution in [0.5, 0.6) is 0 Å². The molecule has 10 heteroatoms. The summed E-state index contributed by atoms with van der Waals surface area (Å²) in [6.45, 7) is 1.33. The lowest BCUT2D eigenvalue weighted by Gasteiger charge is -2.31. The molecule has 0 aromatic carbocycles. The number of amides is 2. The molecule has 6 nitrogen and oxygen atoms in total. The Bertz CT molecular complexity index is 734. The van der Waals surface area contributed by atoms with Crippen molar-refractivity contribution in [3.8, 4) is 0 Å². The van der Waals surface area contributed by atoms with Gasteiger partial charge in [0.25, 0.3) is 0 Å². The number of urea groups is 1. The fourth-order valence-corrected chi connectivity index (χ4v) is 3.77. The first kappa shape index (κ1) is 17.7. The van der Waals surface area contributed by atoms with E-state index >= 15 is 0 Å². The summed E-state index contributed by atoms with van der Waals surface area (Å²) in [5.74, 6) is 0.727. The number of nitrogens with one attached hydrogen (secondary N) is 1. The number of hydrogen-bond acceptors (Lipinski definition) is 4. The van der Waals surface area contributed by atoms with Crippen molar-refractivity contribution in [3.05, 3.63) is 34.3 Å².